The number of nitrogens with one attached hydrogen (secondary N) is 3. The van der Waals surface area contributed by atoms with Gasteiger partial charge < -0.3 is 19.5 Å². The maximum absolute atomic E-state index is 12.1. The van der Waals surface area contributed by atoms with Crippen molar-refractivity contribution in [3.05, 3.63) is 34.9 Å². The molecule has 1 amide bonds. The summed E-state index contributed by atoms with van der Waals surface area (Å²) in [4.78, 5) is 14.5. The van der Waals surface area contributed by atoms with Gasteiger partial charge in [0.05, 0.1) is 25.4 Å². The first kappa shape index (κ1) is 21.2. The fraction of sp³-hybridized carbons (Fsp3) is 0.696. The average Bonchev–Trinajstić information content (AvgIpc) is 3.21. The van der Waals surface area contributed by atoms with Crippen molar-refractivity contribution in [2.45, 2.75) is 57.0 Å². The van der Waals surface area contributed by atoms with Gasteiger partial charge in [-0.3, -0.25) is 10.3 Å². The van der Waals surface area contributed by atoms with Gasteiger partial charge in [0, 0.05) is 38.8 Å². The number of hydrogen-bond acceptors (Lipinski definition) is 7. The molecule has 0 radical (unpaired) electrons. The second-order valence-corrected chi connectivity index (χ2v) is 9.17. The molecule has 1 aromatic rings. The Kier molecular flexibility index (Phi) is 6.71. The summed E-state index contributed by atoms with van der Waals surface area (Å²) in [7, 11) is 0. The maximum Gasteiger partial charge on any atom is 0.407 e. The molecule has 8 nitrogen and oxygen atoms in total. The highest BCUT2D eigenvalue weighted by atomic mass is 16.5. The van der Waals surface area contributed by atoms with Gasteiger partial charge in [-0.25, -0.2) is 10.2 Å². The van der Waals surface area contributed by atoms with Gasteiger partial charge in [-0.05, 0) is 48.3 Å². The van der Waals surface area contributed by atoms with Crippen LogP contribution in [0.15, 0.2) is 18.2 Å². The number of morpholine rings is 1. The summed E-state index contributed by atoms with van der Waals surface area (Å²) in [5.41, 5.74) is 10.7. The summed E-state index contributed by atoms with van der Waals surface area (Å²) in [5, 5.41) is 2.84. The first-order chi connectivity index (χ1) is 15.2. The number of alkyl carbamates (subject to hydrolysis) is 1. The normalized spacial score (nSPS) is 32.5. The van der Waals surface area contributed by atoms with Crippen molar-refractivity contribution in [3.8, 4) is 0 Å². The lowest BCUT2D eigenvalue weighted by Crippen LogP contribution is -2.37. The average molecular weight is 431 g/mol. The Morgan fingerprint density at radius 1 is 1.06 bits per heavy atom. The van der Waals surface area contributed by atoms with Crippen LogP contribution >= 0.6 is 0 Å². The van der Waals surface area contributed by atoms with Crippen LogP contribution in [-0.2, 0) is 27.4 Å². The summed E-state index contributed by atoms with van der Waals surface area (Å²) >= 11 is 0. The Labute approximate surface area is 183 Å². The van der Waals surface area contributed by atoms with E-state index >= 15 is 0 Å². The van der Waals surface area contributed by atoms with E-state index in [0.717, 1.165) is 64.1 Å². The van der Waals surface area contributed by atoms with Gasteiger partial charge in [0.25, 0.3) is 0 Å². The quantitative estimate of drug-likeness (QED) is 0.660. The number of rotatable bonds is 2. The Hall–Kier alpha value is -1.71. The lowest BCUT2D eigenvalue weighted by Gasteiger charge is -2.33. The third-order valence-electron chi connectivity index (χ3n) is 6.96. The van der Waals surface area contributed by atoms with Crippen LogP contribution in [-0.4, -0.2) is 62.6 Å². The van der Waals surface area contributed by atoms with E-state index in [-0.39, 0.29) is 18.7 Å². The van der Waals surface area contributed by atoms with E-state index in [1.807, 2.05) is 0 Å². The molecule has 4 atom stereocenters. The van der Waals surface area contributed by atoms with Crippen molar-refractivity contribution in [2.24, 2.45) is 5.92 Å². The fourth-order valence-electron chi connectivity index (χ4n) is 5.37. The molecule has 8 heteroatoms. The summed E-state index contributed by atoms with van der Waals surface area (Å²) in [6.07, 6.45) is 3.99. The molecule has 3 heterocycles. The molecule has 5 rings (SSSR count). The molecule has 1 aromatic carbocycles. The molecular formula is C23H34N4O4. The van der Waals surface area contributed by atoms with E-state index in [2.05, 4.69) is 39.3 Å². The third-order valence-corrected chi connectivity index (χ3v) is 6.96. The van der Waals surface area contributed by atoms with E-state index in [4.69, 9.17) is 14.2 Å². The molecule has 3 aliphatic heterocycles. The zero-order chi connectivity index (χ0) is 21.0. The Morgan fingerprint density at radius 3 is 2.87 bits per heavy atom. The van der Waals surface area contributed by atoms with Gasteiger partial charge in [-0.15, -0.1) is 0 Å². The van der Waals surface area contributed by atoms with Gasteiger partial charge in [-0.2, -0.15) is 0 Å². The zero-order valence-electron chi connectivity index (χ0n) is 18.1. The lowest BCUT2D eigenvalue weighted by molar-refractivity contribution is 0.00715. The number of hydrazine groups is 1. The molecule has 1 aliphatic carbocycles. The molecule has 3 fully saturated rings. The molecule has 2 saturated heterocycles. The van der Waals surface area contributed by atoms with Crippen molar-refractivity contribution >= 4 is 6.09 Å². The number of carbonyl (C=O) groups excluding carboxylic acids is 1. The smallest absolute Gasteiger partial charge is 0.407 e. The van der Waals surface area contributed by atoms with Crippen molar-refractivity contribution < 1.29 is 19.0 Å². The summed E-state index contributed by atoms with van der Waals surface area (Å²) in [6, 6.07) is 7.41. The molecule has 1 saturated carbocycles. The van der Waals surface area contributed by atoms with Crippen molar-refractivity contribution in [3.63, 3.8) is 0 Å². The van der Waals surface area contributed by atoms with E-state index in [1.54, 1.807) is 0 Å². The highest BCUT2D eigenvalue weighted by Crippen LogP contribution is 2.39. The number of benzene rings is 1. The zero-order valence-corrected chi connectivity index (χ0v) is 18.1. The second kappa shape index (κ2) is 9.83. The van der Waals surface area contributed by atoms with Gasteiger partial charge >= 0.3 is 6.09 Å². The molecule has 4 unspecified atom stereocenters. The maximum atomic E-state index is 12.1. The van der Waals surface area contributed by atoms with E-state index < -0.39 is 0 Å². The highest BCUT2D eigenvalue weighted by Gasteiger charge is 2.41. The fourth-order valence-corrected chi connectivity index (χ4v) is 5.37. The second-order valence-electron chi connectivity index (χ2n) is 9.17. The number of nitrogens with zero attached hydrogens (tertiary/aromatic N) is 1. The summed E-state index contributed by atoms with van der Waals surface area (Å²) < 4.78 is 17.2. The number of amides is 1. The number of fused-ring (bicyclic) bond motifs is 4. The van der Waals surface area contributed by atoms with E-state index in [9.17, 15) is 4.79 Å². The number of cyclic esters (lactones) is 1. The van der Waals surface area contributed by atoms with Crippen LogP contribution in [0.4, 0.5) is 4.79 Å². The topological polar surface area (TPSA) is 84.1 Å². The predicted molar refractivity (Wildman–Crippen MR) is 115 cm³/mol. The van der Waals surface area contributed by atoms with Crippen molar-refractivity contribution in [2.75, 3.05) is 39.5 Å². The standard InChI is InChI=1S/C23H34N4O4/c28-23-24-4-1-7-30-19-2-3-21-20(13-19)22(26-25-21)18-11-16(10-17(12-18)15-31-23)14-27-5-8-29-9-6-27/h10-12,19-22,25-26H,1-9,13-15H2,(H,24,28). The van der Waals surface area contributed by atoms with Crippen LogP contribution in [0.5, 0.6) is 0 Å². The van der Waals surface area contributed by atoms with Crippen LogP contribution < -0.4 is 16.2 Å². The minimum atomic E-state index is -0.366. The number of hydrogen-bond donors (Lipinski definition) is 3. The number of carbonyl (C=O) groups is 1. The largest absolute Gasteiger partial charge is 0.445 e. The predicted octanol–water partition coefficient (Wildman–Crippen LogP) is 1.85. The molecule has 0 aromatic heterocycles. The van der Waals surface area contributed by atoms with Gasteiger partial charge in [0.1, 0.15) is 6.61 Å². The third kappa shape index (κ3) is 5.21. The van der Waals surface area contributed by atoms with Gasteiger partial charge in [-0.1, -0.05) is 18.2 Å². The first-order valence-corrected chi connectivity index (χ1v) is 11.7. The van der Waals surface area contributed by atoms with Crippen LogP contribution in [0.25, 0.3) is 0 Å². The lowest BCUT2D eigenvalue weighted by atomic mass is 9.78. The molecule has 4 bridgehead atoms. The van der Waals surface area contributed by atoms with Crippen molar-refractivity contribution in [1.82, 2.24) is 21.1 Å². The van der Waals surface area contributed by atoms with Crippen LogP contribution in [0.2, 0.25) is 0 Å². The van der Waals surface area contributed by atoms with Crippen molar-refractivity contribution in [1.29, 1.82) is 0 Å². The van der Waals surface area contributed by atoms with E-state index in [1.165, 1.54) is 11.1 Å². The van der Waals surface area contributed by atoms with Crippen LogP contribution in [0.1, 0.15) is 48.4 Å². The minimum Gasteiger partial charge on any atom is -0.445 e. The Morgan fingerprint density at radius 2 is 1.97 bits per heavy atom. The Balaban J connectivity index is 1.41. The molecule has 0 spiro atoms. The molecule has 170 valence electrons. The molecule has 31 heavy (non-hydrogen) atoms. The summed E-state index contributed by atoms with van der Waals surface area (Å²) in [5.74, 6) is 0.496. The van der Waals surface area contributed by atoms with E-state index in [0.29, 0.717) is 31.2 Å². The van der Waals surface area contributed by atoms with Crippen LogP contribution in [0.3, 0.4) is 0 Å². The number of ether oxygens (including phenoxy) is 3. The van der Waals surface area contributed by atoms with Gasteiger partial charge in [0.15, 0.2) is 0 Å². The SMILES string of the molecule is O=C1NCCCOC2CCC3NNC(c4cc(cc(CN5CCOCC5)c4)CO1)C3C2. The summed E-state index contributed by atoms with van der Waals surface area (Å²) in [6.45, 7) is 5.89. The molecular weight excluding hydrogens is 396 g/mol. The molecule has 4 aliphatic rings. The monoisotopic (exact) mass is 430 g/mol. The molecule has 3 N–H and O–H groups in total. The van der Waals surface area contributed by atoms with Crippen LogP contribution in [0, 0.1) is 5.92 Å². The first-order valence-electron chi connectivity index (χ1n) is 11.7. The Bertz CT molecular complexity index is 770. The highest BCUT2D eigenvalue weighted by molar-refractivity contribution is 5.67. The minimum absolute atomic E-state index is 0.235. The van der Waals surface area contributed by atoms with Gasteiger partial charge in [0.2, 0.25) is 0 Å².